The Kier molecular flexibility index (Phi) is 4.91. The molecule has 0 bridgehead atoms. The first kappa shape index (κ1) is 19.6. The van der Waals surface area contributed by atoms with Crippen LogP contribution in [0.2, 0.25) is 0 Å². The number of nitrogens with one attached hydrogen (secondary N) is 3. The maximum absolute atomic E-state index is 4.51. The summed E-state index contributed by atoms with van der Waals surface area (Å²) in [5, 5.41) is 14.6. The minimum absolute atomic E-state index is 0.0185. The zero-order chi connectivity index (χ0) is 22.1. The second-order valence-corrected chi connectivity index (χ2v) is 7.44. The second kappa shape index (κ2) is 8.03. The van der Waals surface area contributed by atoms with Crippen LogP contribution in [0, 0.1) is 0 Å². The molecule has 1 aliphatic heterocycles. The maximum atomic E-state index is 4.51. The highest BCUT2D eigenvalue weighted by Crippen LogP contribution is 2.37. The molecule has 32 heavy (non-hydrogen) atoms. The van der Waals surface area contributed by atoms with Crippen molar-refractivity contribution in [3.63, 3.8) is 0 Å². The standard InChI is InChI=1S/C23H23N9/c1-15(17-13-27-31(3)14-17)32-10-9-26-22(23(32)24-2)28-18-6-7-19-20(11-18)30-21(29-19)16-5-4-8-25-12-16/h4-14,21,29-30H,1H2,2-3H3,(H,26,28). The van der Waals surface area contributed by atoms with Crippen LogP contribution >= 0.6 is 0 Å². The van der Waals surface area contributed by atoms with Crippen LogP contribution in [-0.4, -0.2) is 31.4 Å². The molecule has 9 nitrogen and oxygen atoms in total. The second-order valence-electron chi connectivity index (χ2n) is 7.44. The van der Waals surface area contributed by atoms with Crippen LogP contribution in [0.15, 0.2) is 79.1 Å². The van der Waals surface area contributed by atoms with E-state index < -0.39 is 0 Å². The van der Waals surface area contributed by atoms with E-state index in [2.05, 4.69) is 42.6 Å². The predicted octanol–water partition coefficient (Wildman–Crippen LogP) is 3.34. The van der Waals surface area contributed by atoms with E-state index in [4.69, 9.17) is 0 Å². The molecule has 1 aliphatic rings. The van der Waals surface area contributed by atoms with E-state index in [-0.39, 0.29) is 6.17 Å². The molecule has 1 unspecified atom stereocenters. The lowest BCUT2D eigenvalue weighted by molar-refractivity contribution is 0.767. The average molecular weight is 426 g/mol. The third-order valence-electron chi connectivity index (χ3n) is 5.30. The van der Waals surface area contributed by atoms with Crippen LogP contribution < -0.4 is 21.4 Å². The SMILES string of the molecule is C=C(c1cnn(C)c1)n1ccnc(Nc2ccc3c(c2)NC(c2cccnc2)N3)c1=NC. The molecule has 0 aliphatic carbocycles. The summed E-state index contributed by atoms with van der Waals surface area (Å²) in [4.78, 5) is 13.2. The third kappa shape index (κ3) is 3.60. The van der Waals surface area contributed by atoms with E-state index in [0.717, 1.165) is 33.9 Å². The molecular formula is C23H23N9. The molecule has 3 N–H and O–H groups in total. The van der Waals surface area contributed by atoms with Crippen molar-refractivity contribution in [1.29, 1.82) is 0 Å². The molecule has 160 valence electrons. The molecular weight excluding hydrogens is 402 g/mol. The van der Waals surface area contributed by atoms with E-state index >= 15 is 0 Å². The quantitative estimate of drug-likeness (QED) is 0.454. The number of benzene rings is 1. The molecule has 5 rings (SSSR count). The monoisotopic (exact) mass is 425 g/mol. The third-order valence-corrected chi connectivity index (χ3v) is 5.30. The molecule has 0 spiro atoms. The lowest BCUT2D eigenvalue weighted by Crippen LogP contribution is -2.24. The van der Waals surface area contributed by atoms with Crippen LogP contribution in [-0.2, 0) is 7.05 Å². The molecule has 9 heteroatoms. The summed E-state index contributed by atoms with van der Waals surface area (Å²) in [6, 6.07) is 10.1. The van der Waals surface area contributed by atoms with Gasteiger partial charge in [0.2, 0.25) is 0 Å². The van der Waals surface area contributed by atoms with Crippen LogP contribution in [0.5, 0.6) is 0 Å². The van der Waals surface area contributed by atoms with Gasteiger partial charge in [0, 0.05) is 61.9 Å². The molecule has 1 atom stereocenters. The summed E-state index contributed by atoms with van der Waals surface area (Å²) >= 11 is 0. The molecule has 0 saturated carbocycles. The first-order valence-electron chi connectivity index (χ1n) is 10.2. The first-order chi connectivity index (χ1) is 15.6. The van der Waals surface area contributed by atoms with E-state index in [1.165, 1.54) is 0 Å². The molecule has 0 radical (unpaired) electrons. The molecule has 3 aromatic heterocycles. The van der Waals surface area contributed by atoms with Crippen molar-refractivity contribution in [1.82, 2.24) is 24.3 Å². The number of fused-ring (bicyclic) bond motifs is 1. The molecule has 0 amide bonds. The van der Waals surface area contributed by atoms with Gasteiger partial charge in [0.05, 0.1) is 23.3 Å². The fraction of sp³-hybridized carbons (Fsp3) is 0.130. The van der Waals surface area contributed by atoms with E-state index in [1.807, 2.05) is 60.5 Å². The predicted molar refractivity (Wildman–Crippen MR) is 125 cm³/mol. The van der Waals surface area contributed by atoms with Crippen molar-refractivity contribution in [3.8, 4) is 0 Å². The van der Waals surface area contributed by atoms with Gasteiger partial charge in [0.25, 0.3) is 0 Å². The van der Waals surface area contributed by atoms with Crippen LogP contribution in [0.3, 0.4) is 0 Å². The lowest BCUT2D eigenvalue weighted by atomic mass is 10.2. The Morgan fingerprint density at radius 2 is 2.03 bits per heavy atom. The topological polar surface area (TPSA) is 97.0 Å². The fourth-order valence-corrected chi connectivity index (χ4v) is 3.71. The Bertz CT molecular complexity index is 1350. The largest absolute Gasteiger partial charge is 0.360 e. The Labute approximate surface area is 185 Å². The number of pyridine rings is 1. The summed E-state index contributed by atoms with van der Waals surface area (Å²) in [7, 11) is 3.61. The number of hydrogen-bond acceptors (Lipinski definition) is 7. The summed E-state index contributed by atoms with van der Waals surface area (Å²) in [5.74, 6) is 0.634. The highest BCUT2D eigenvalue weighted by atomic mass is 15.2. The summed E-state index contributed by atoms with van der Waals surface area (Å²) < 4.78 is 3.65. The smallest absolute Gasteiger partial charge is 0.175 e. The summed E-state index contributed by atoms with van der Waals surface area (Å²) in [6.07, 6.45) is 10.9. The van der Waals surface area contributed by atoms with E-state index in [9.17, 15) is 0 Å². The Morgan fingerprint density at radius 3 is 2.78 bits per heavy atom. The Balaban J connectivity index is 1.42. The van der Waals surface area contributed by atoms with Crippen molar-refractivity contribution in [3.05, 3.63) is 90.7 Å². The van der Waals surface area contributed by atoms with E-state index in [0.29, 0.717) is 11.3 Å². The normalized spacial score (nSPS) is 15.1. The number of anilines is 4. The Hall–Kier alpha value is -4.40. The molecule has 1 aromatic carbocycles. The first-order valence-corrected chi connectivity index (χ1v) is 10.2. The van der Waals surface area contributed by atoms with Crippen molar-refractivity contribution in [2.45, 2.75) is 6.17 Å². The number of aromatic nitrogens is 5. The number of nitrogens with zero attached hydrogens (tertiary/aromatic N) is 6. The summed E-state index contributed by atoms with van der Waals surface area (Å²) in [5.41, 5.74) is 6.35. The minimum Gasteiger partial charge on any atom is -0.360 e. The Morgan fingerprint density at radius 1 is 1.16 bits per heavy atom. The van der Waals surface area contributed by atoms with Crippen molar-refractivity contribution < 1.29 is 0 Å². The highest BCUT2D eigenvalue weighted by Gasteiger charge is 2.21. The van der Waals surface area contributed by atoms with Gasteiger partial charge in [-0.3, -0.25) is 19.2 Å². The lowest BCUT2D eigenvalue weighted by Gasteiger charge is -2.13. The molecule has 4 heterocycles. The number of rotatable bonds is 5. The summed E-state index contributed by atoms with van der Waals surface area (Å²) in [6.45, 7) is 4.22. The van der Waals surface area contributed by atoms with Gasteiger partial charge in [-0.2, -0.15) is 5.10 Å². The zero-order valence-corrected chi connectivity index (χ0v) is 17.8. The van der Waals surface area contributed by atoms with Crippen LogP contribution in [0.1, 0.15) is 17.3 Å². The fourth-order valence-electron chi connectivity index (χ4n) is 3.71. The molecule has 4 aromatic rings. The van der Waals surface area contributed by atoms with Gasteiger partial charge >= 0.3 is 0 Å². The van der Waals surface area contributed by atoms with Gasteiger partial charge in [-0.1, -0.05) is 12.6 Å². The minimum atomic E-state index is -0.0185. The maximum Gasteiger partial charge on any atom is 0.175 e. The highest BCUT2D eigenvalue weighted by molar-refractivity contribution is 5.80. The van der Waals surface area contributed by atoms with Gasteiger partial charge in [-0.25, -0.2) is 4.98 Å². The van der Waals surface area contributed by atoms with Gasteiger partial charge < -0.3 is 16.0 Å². The van der Waals surface area contributed by atoms with Gasteiger partial charge in [-0.05, 0) is 24.3 Å². The van der Waals surface area contributed by atoms with Crippen molar-refractivity contribution in [2.75, 3.05) is 23.0 Å². The average Bonchev–Trinajstić information content (AvgIpc) is 3.45. The van der Waals surface area contributed by atoms with Gasteiger partial charge in [0.1, 0.15) is 6.17 Å². The van der Waals surface area contributed by atoms with E-state index in [1.54, 1.807) is 30.3 Å². The van der Waals surface area contributed by atoms with Gasteiger partial charge in [-0.15, -0.1) is 0 Å². The molecule has 0 fully saturated rings. The molecule has 0 saturated heterocycles. The van der Waals surface area contributed by atoms with Crippen LogP contribution in [0.25, 0.3) is 5.70 Å². The number of aryl methyl sites for hydroxylation is 1. The zero-order valence-electron chi connectivity index (χ0n) is 17.8. The van der Waals surface area contributed by atoms with Gasteiger partial charge in [0.15, 0.2) is 11.3 Å². The van der Waals surface area contributed by atoms with Crippen LogP contribution in [0.4, 0.5) is 22.9 Å². The van der Waals surface area contributed by atoms with Crippen molar-refractivity contribution >= 4 is 28.6 Å². The van der Waals surface area contributed by atoms with Crippen molar-refractivity contribution in [2.24, 2.45) is 12.0 Å². The number of hydrogen-bond donors (Lipinski definition) is 3.